The third kappa shape index (κ3) is 18.8. The van der Waals surface area contributed by atoms with Crippen molar-refractivity contribution in [1.82, 2.24) is 21.3 Å². The minimum Gasteiger partial charge on any atom is -0.748 e. The first-order valence-electron chi connectivity index (χ1n) is 52.4. The van der Waals surface area contributed by atoms with E-state index in [1.165, 1.54) is 0 Å². The number of carbonyl (C=O) groups is 7. The third-order valence-electron chi connectivity index (χ3n) is 44.1. The largest absolute Gasteiger partial charge is 1.00 e. The molecule has 16 rings (SSSR count). The number of nitrogens with one attached hydrogen (secondary N) is 4. The number of carbonyl (C=O) groups excluding carboxylic acids is 7. The molecule has 4 amide bonds. The SMILES string of the molecule is C[C@H](CCC(=O)NCC(=O)O[C@@H]1CC[C@@]2(C)[C@@H](C1)C[C@@H](OC(=O)CNC(=O)CC[C@@H](C)[C@H]1CC[C@H]3[C@@H]4[C@H](O)C[C@@H]5C[C@H](O)CC[C@]5(C)[C@H]4C[C@H](O)[C@]13C)[C@@H]1[C@@H]2C[C@H](OC(=O)CNC(=O)CC[C@@H](C)[C@H]2CC[C@H]3[C@@H]4[C@H](O)C[C@@H]5C[C@H](O)CC[C@]5(C)[C@H]4C[C@H](O)[C@]23C)[C@]2(C)[C@@H]([C@H](C)CCC(=O)NCCS(=O)(=O)[O-])CC[C@@H]12)[C@H]1CC[C@H]2[C@@H]3[C@H](O)C[C@@H]4C[C@H](O)CC[C@]4(C)[C@H]3C[C@H](O)[C@]12C.[Na+]. The summed E-state index contributed by atoms with van der Waals surface area (Å²) in [4.78, 5) is 99.8. The Kier molecular flexibility index (Phi) is 31.0. The fourth-order valence-corrected chi connectivity index (χ4v) is 37.3. The Morgan fingerprint density at radius 2 is 0.652 bits per heavy atom. The molecule has 0 aliphatic heterocycles. The molecule has 0 spiro atoms. The van der Waals surface area contributed by atoms with Crippen LogP contribution in [0.3, 0.4) is 0 Å². The summed E-state index contributed by atoms with van der Waals surface area (Å²) in [5.41, 5.74) is -2.89. The van der Waals surface area contributed by atoms with Crippen molar-refractivity contribution in [3.63, 3.8) is 0 Å². The molecule has 0 heterocycles. The zero-order valence-corrected chi connectivity index (χ0v) is 84.8. The smallest absolute Gasteiger partial charge is 0.748 e. The third-order valence-corrected chi connectivity index (χ3v) is 44.8. The van der Waals surface area contributed by atoms with Gasteiger partial charge in [-0.1, -0.05) is 83.1 Å². The monoisotopic (exact) mass is 1880 g/mol. The fourth-order valence-electron chi connectivity index (χ4n) is 36.9. The minimum atomic E-state index is -4.59. The molecule has 16 saturated carbocycles. The second-order valence-electron chi connectivity index (χ2n) is 49.5. The van der Waals surface area contributed by atoms with Crippen LogP contribution in [0.4, 0.5) is 0 Å². The van der Waals surface area contributed by atoms with Crippen LogP contribution in [0.5, 0.6) is 0 Å². The van der Waals surface area contributed by atoms with E-state index in [4.69, 9.17) is 14.2 Å². The molecule has 0 aromatic carbocycles. The van der Waals surface area contributed by atoms with Gasteiger partial charge in [-0.25, -0.2) is 8.42 Å². The van der Waals surface area contributed by atoms with E-state index >= 15 is 0 Å². The Bertz CT molecular complexity index is 4260. The molecule has 16 aliphatic rings. The molecular weight excluding hydrogens is 1710 g/mol. The number of amides is 4. The maximum absolute atomic E-state index is 15.0. The Balaban J connectivity index is 0.0000133. The number of aliphatic hydroxyl groups is 9. The molecule has 0 aromatic rings. The second-order valence-corrected chi connectivity index (χ2v) is 51.0. The molecule has 742 valence electrons. The van der Waals surface area contributed by atoms with E-state index in [1.807, 2.05) is 0 Å². The van der Waals surface area contributed by atoms with E-state index in [-0.39, 0.29) is 263 Å². The number of aliphatic hydroxyl groups excluding tert-OH is 9. The summed E-state index contributed by atoms with van der Waals surface area (Å²) < 4.78 is 54.8. The van der Waals surface area contributed by atoms with Crippen LogP contribution in [0, 0.1) is 185 Å². The Morgan fingerprint density at radius 3 is 1.01 bits per heavy atom. The minimum absolute atomic E-state index is 0. The molecule has 0 unspecified atom stereocenters. The van der Waals surface area contributed by atoms with Gasteiger partial charge in [-0.05, 0) is 379 Å². The number of rotatable bonds is 28. The van der Waals surface area contributed by atoms with Gasteiger partial charge >= 0.3 is 47.5 Å². The van der Waals surface area contributed by atoms with E-state index in [9.17, 15) is 92.5 Å². The van der Waals surface area contributed by atoms with Crippen molar-refractivity contribution in [1.29, 1.82) is 0 Å². The predicted octanol–water partition coefficient (Wildman–Crippen LogP) is 8.16. The summed E-state index contributed by atoms with van der Waals surface area (Å²) in [7, 11) is -4.59. The van der Waals surface area contributed by atoms with Crippen LogP contribution in [0.2, 0.25) is 0 Å². The predicted molar refractivity (Wildman–Crippen MR) is 488 cm³/mol. The van der Waals surface area contributed by atoms with Crippen molar-refractivity contribution < 1.29 is 136 Å². The van der Waals surface area contributed by atoms with E-state index in [1.54, 1.807) is 0 Å². The van der Waals surface area contributed by atoms with E-state index in [0.29, 0.717) is 128 Å². The van der Waals surface area contributed by atoms with Gasteiger partial charge in [0.15, 0.2) is 0 Å². The summed E-state index contributed by atoms with van der Waals surface area (Å²) in [5, 5.41) is 116. The van der Waals surface area contributed by atoms with Crippen molar-refractivity contribution in [2.45, 2.75) is 387 Å². The first-order chi connectivity index (χ1) is 61.7. The van der Waals surface area contributed by atoms with Gasteiger partial charge in [0.05, 0.1) is 70.8 Å². The van der Waals surface area contributed by atoms with Crippen molar-refractivity contribution in [2.24, 2.45) is 185 Å². The van der Waals surface area contributed by atoms with Crippen LogP contribution < -0.4 is 50.8 Å². The topological polar surface area (TPSA) is 435 Å². The summed E-state index contributed by atoms with van der Waals surface area (Å²) in [6.07, 6.45) is 15.4. The van der Waals surface area contributed by atoms with Crippen molar-refractivity contribution in [2.75, 3.05) is 31.9 Å². The normalized spacial score (nSPS) is 48.1. The van der Waals surface area contributed by atoms with E-state index in [0.717, 1.165) is 77.0 Å². The van der Waals surface area contributed by atoms with Crippen LogP contribution in [-0.4, -0.2) is 206 Å². The molecule has 26 nitrogen and oxygen atoms in total. The van der Waals surface area contributed by atoms with Gasteiger partial charge in [0.2, 0.25) is 23.6 Å². The maximum Gasteiger partial charge on any atom is 1.00 e. The number of fused-ring (bicyclic) bond motifs is 20. The second kappa shape index (κ2) is 39.6. The molecule has 16 fully saturated rings. The molecule has 0 radical (unpaired) electrons. The average Bonchev–Trinajstić information content (AvgIpc) is 1.43. The van der Waals surface area contributed by atoms with Gasteiger partial charge in [0.1, 0.15) is 37.9 Å². The number of ether oxygens (including phenoxy) is 3. The Morgan fingerprint density at radius 1 is 0.348 bits per heavy atom. The number of hydrogen-bond acceptors (Lipinski definition) is 22. The molecule has 28 heteroatoms. The zero-order chi connectivity index (χ0) is 94.3. The van der Waals surface area contributed by atoms with Crippen molar-refractivity contribution in [3.05, 3.63) is 0 Å². The van der Waals surface area contributed by atoms with Gasteiger partial charge in [-0.15, -0.1) is 0 Å². The van der Waals surface area contributed by atoms with E-state index in [2.05, 4.69) is 104 Å². The summed E-state index contributed by atoms with van der Waals surface area (Å²) in [5.74, 6) is -3.26. The number of esters is 3. The summed E-state index contributed by atoms with van der Waals surface area (Å²) in [6, 6.07) is 0. The Hall–Kier alpha value is -3.16. The van der Waals surface area contributed by atoms with Crippen LogP contribution >= 0.6 is 0 Å². The molecule has 13 N–H and O–H groups in total. The molecular formula is C104H167N4NaO22S. The van der Waals surface area contributed by atoms with Gasteiger partial charge < -0.3 is 86.0 Å². The zero-order valence-electron chi connectivity index (χ0n) is 82.0. The first kappa shape index (κ1) is 103. The molecule has 0 saturated heterocycles. The molecule has 44 atom stereocenters. The van der Waals surface area contributed by atoms with Gasteiger partial charge in [-0.2, -0.15) is 0 Å². The Labute approximate surface area is 808 Å². The quantitative estimate of drug-likeness (QED) is 0.0152. The molecule has 0 aromatic heterocycles. The van der Waals surface area contributed by atoms with Gasteiger partial charge in [0.25, 0.3) is 0 Å². The van der Waals surface area contributed by atoms with Crippen LogP contribution in [0.1, 0.15) is 314 Å². The summed E-state index contributed by atoms with van der Waals surface area (Å²) in [6.45, 7) is 25.0. The van der Waals surface area contributed by atoms with Gasteiger partial charge in [-0.3, -0.25) is 33.6 Å². The summed E-state index contributed by atoms with van der Waals surface area (Å²) >= 11 is 0. The molecule has 16 aliphatic carbocycles. The average molecular weight is 1880 g/mol. The standard InChI is InChI=1S/C104H168N4O22S.Na/c1-54(66-17-21-70-93-74(47-82(115)101(66,70)9)97(5)33-29-62(109)39-58(97)43-78(93)112)14-26-87(119)106-51-90(122)128-65-32-36-100(8)61(42-65)46-81(129-91(123)52-107-88(120)27-15-55(2)67-18-22-71-94-75(48-83(116)102(67,71)10)98(6)34-30-63(110)40-59(98)44-79(94)113)96-73-24-20-69(57(4)13-25-86(118)105-37-38-131(125,126)127)104(73,12)85(50-77(96)100)130-92(124)53-108-89(121)28-16-56(3)68-19-23-72-95-76(49-84(117)103(68,72)11)99(7)35-31-64(111)41-60(99)45-80(95)114;/h54-85,93-96,109-117H,13-53H2,1-12H3,(H,105,118)(H,106,119)(H,107,120)(H,108,121)(H,125,126,127);/q;+1/p-1/t54-,55-,56-,57-,58+,59+,60+,61+,62-,63-,64-,65-,66-,67-,68-,69-,70+,71+,72+,73+,74+,75+,76+,77+,78-,79-,80-,81-,82+,83+,84+,85+,93+,94+,95+,96+,97+,98+,99+,100+,101-,102-,103-,104-;/m1./s1. The first-order valence-corrected chi connectivity index (χ1v) is 54.0. The van der Waals surface area contributed by atoms with Crippen molar-refractivity contribution in [3.8, 4) is 0 Å². The van der Waals surface area contributed by atoms with Crippen LogP contribution in [0.25, 0.3) is 0 Å². The molecule has 0 bridgehead atoms. The van der Waals surface area contributed by atoms with Crippen molar-refractivity contribution >= 4 is 51.7 Å². The van der Waals surface area contributed by atoms with Gasteiger partial charge in [0, 0.05) is 43.6 Å². The molecule has 132 heavy (non-hydrogen) atoms. The maximum atomic E-state index is 15.0. The number of hydrogen-bond donors (Lipinski definition) is 13. The van der Waals surface area contributed by atoms with Crippen LogP contribution in [-0.2, 0) is 57.9 Å². The van der Waals surface area contributed by atoms with E-state index < -0.39 is 135 Å². The van der Waals surface area contributed by atoms with Crippen LogP contribution in [0.15, 0.2) is 0 Å². The fraction of sp³-hybridized carbons (Fsp3) is 0.933.